The van der Waals surface area contributed by atoms with Crippen LogP contribution >= 0.6 is 0 Å². The van der Waals surface area contributed by atoms with Crippen molar-refractivity contribution in [1.29, 1.82) is 0 Å². The second kappa shape index (κ2) is 8.97. The van der Waals surface area contributed by atoms with Crippen molar-refractivity contribution in [2.75, 3.05) is 0 Å². The molecule has 2 aromatic heterocycles. The fourth-order valence-electron chi connectivity index (χ4n) is 3.42. The van der Waals surface area contributed by atoms with Crippen molar-refractivity contribution < 1.29 is 13.2 Å². The van der Waals surface area contributed by atoms with Crippen molar-refractivity contribution in [1.82, 2.24) is 19.5 Å². The first-order valence-electron chi connectivity index (χ1n) is 9.91. The number of fused-ring (bicyclic) bond motifs is 1. The van der Waals surface area contributed by atoms with Crippen LogP contribution in [0.3, 0.4) is 0 Å². The molecule has 2 aromatic carbocycles. The molecule has 7 nitrogen and oxygen atoms in total. The smallest absolute Gasteiger partial charge is 0.242 e. The van der Waals surface area contributed by atoms with Crippen molar-refractivity contribution in [2.45, 2.75) is 31.6 Å². The highest BCUT2D eigenvalue weighted by molar-refractivity contribution is 7.89. The Balaban J connectivity index is 1.45. The molecule has 4 aromatic rings. The van der Waals surface area contributed by atoms with E-state index in [1.165, 1.54) is 6.20 Å². The van der Waals surface area contributed by atoms with E-state index >= 15 is 0 Å². The minimum atomic E-state index is -3.73. The molecule has 0 bridgehead atoms. The predicted octanol–water partition coefficient (Wildman–Crippen LogP) is 3.47. The number of hydrogen-bond donors (Lipinski definition) is 1. The van der Waals surface area contributed by atoms with Gasteiger partial charge in [-0.2, -0.15) is 5.10 Å². The second-order valence-electron chi connectivity index (χ2n) is 7.32. The third-order valence-electron chi connectivity index (χ3n) is 5.09. The molecule has 4 rings (SSSR count). The summed E-state index contributed by atoms with van der Waals surface area (Å²) in [4.78, 5) is 4.39. The molecule has 0 fully saturated rings. The lowest BCUT2D eigenvalue weighted by atomic mass is 10.1. The van der Waals surface area contributed by atoms with E-state index in [-0.39, 0.29) is 11.4 Å². The van der Waals surface area contributed by atoms with Crippen LogP contribution in [-0.4, -0.2) is 23.2 Å². The number of rotatable bonds is 8. The molecule has 0 unspecified atom stereocenters. The standard InChI is InChI=1S/C23H24N4O3S/c1-17-22-12-21(14-24-23(22)27(2)26-17)31(28,29)25-13-19-10-6-7-11-20(19)16-30-15-18-8-4-3-5-9-18/h3-12,14,25H,13,15-16H2,1-2H3. The summed E-state index contributed by atoms with van der Waals surface area (Å²) in [6, 6.07) is 19.2. The molecule has 1 N–H and O–H groups in total. The van der Waals surface area contributed by atoms with E-state index in [9.17, 15) is 8.42 Å². The summed E-state index contributed by atoms with van der Waals surface area (Å²) in [5.41, 5.74) is 4.29. The fraction of sp³-hybridized carbons (Fsp3) is 0.217. The van der Waals surface area contributed by atoms with Crippen LogP contribution in [-0.2, 0) is 41.6 Å². The Morgan fingerprint density at radius 1 is 1.00 bits per heavy atom. The first-order chi connectivity index (χ1) is 14.9. The maximum atomic E-state index is 12.9. The first kappa shape index (κ1) is 21.2. The van der Waals surface area contributed by atoms with Crippen LogP contribution in [0.15, 0.2) is 71.8 Å². The highest BCUT2D eigenvalue weighted by Crippen LogP contribution is 2.20. The van der Waals surface area contributed by atoms with Gasteiger partial charge in [-0.15, -0.1) is 0 Å². The van der Waals surface area contributed by atoms with E-state index in [4.69, 9.17) is 4.74 Å². The zero-order valence-electron chi connectivity index (χ0n) is 17.4. The number of aryl methyl sites for hydroxylation is 2. The Hall–Kier alpha value is -3.07. The molecule has 8 heteroatoms. The normalized spacial score (nSPS) is 11.8. The maximum Gasteiger partial charge on any atom is 0.242 e. The van der Waals surface area contributed by atoms with E-state index in [2.05, 4.69) is 14.8 Å². The van der Waals surface area contributed by atoms with E-state index in [0.29, 0.717) is 18.9 Å². The largest absolute Gasteiger partial charge is 0.372 e. The molecule has 0 spiro atoms. The molecule has 0 amide bonds. The van der Waals surface area contributed by atoms with Gasteiger partial charge in [0.1, 0.15) is 4.90 Å². The highest BCUT2D eigenvalue weighted by atomic mass is 32.2. The van der Waals surface area contributed by atoms with Gasteiger partial charge < -0.3 is 4.74 Å². The summed E-state index contributed by atoms with van der Waals surface area (Å²) in [7, 11) is -1.94. The number of sulfonamides is 1. The molecule has 0 radical (unpaired) electrons. The van der Waals surface area contributed by atoms with Crippen molar-refractivity contribution in [3.63, 3.8) is 0 Å². The molecule has 31 heavy (non-hydrogen) atoms. The number of pyridine rings is 1. The number of ether oxygens (including phenoxy) is 1. The molecule has 0 aliphatic carbocycles. The monoisotopic (exact) mass is 436 g/mol. The van der Waals surface area contributed by atoms with Gasteiger partial charge in [0.15, 0.2) is 5.65 Å². The van der Waals surface area contributed by atoms with Crippen LogP contribution in [0.4, 0.5) is 0 Å². The van der Waals surface area contributed by atoms with Gasteiger partial charge >= 0.3 is 0 Å². The number of aromatic nitrogens is 3. The SMILES string of the molecule is Cc1nn(C)c2ncc(S(=O)(=O)NCc3ccccc3COCc3ccccc3)cc12. The summed E-state index contributed by atoms with van der Waals surface area (Å²) in [6.45, 7) is 2.89. The van der Waals surface area contributed by atoms with Crippen molar-refractivity contribution in [3.8, 4) is 0 Å². The Kier molecular flexibility index (Phi) is 6.13. The summed E-state index contributed by atoms with van der Waals surface area (Å²) in [5, 5.41) is 5.02. The van der Waals surface area contributed by atoms with Crippen molar-refractivity contribution in [2.24, 2.45) is 7.05 Å². The van der Waals surface area contributed by atoms with Crippen LogP contribution in [0, 0.1) is 6.92 Å². The average Bonchev–Trinajstić information content (AvgIpc) is 3.07. The molecule has 0 saturated heterocycles. The van der Waals surface area contributed by atoms with E-state index < -0.39 is 10.0 Å². The molecule has 0 aliphatic heterocycles. The van der Waals surface area contributed by atoms with Gasteiger partial charge in [0, 0.05) is 25.2 Å². The minimum Gasteiger partial charge on any atom is -0.372 e. The third kappa shape index (κ3) is 4.82. The van der Waals surface area contributed by atoms with Gasteiger partial charge in [-0.25, -0.2) is 18.1 Å². The molecule has 0 aliphatic rings. The van der Waals surface area contributed by atoms with Gasteiger partial charge in [-0.3, -0.25) is 4.68 Å². The zero-order chi connectivity index (χ0) is 21.8. The van der Waals surface area contributed by atoms with Crippen molar-refractivity contribution in [3.05, 3.63) is 89.2 Å². The van der Waals surface area contributed by atoms with E-state index in [0.717, 1.165) is 27.8 Å². The number of nitrogens with one attached hydrogen (secondary N) is 1. The Bertz CT molecular complexity index is 1300. The molecule has 2 heterocycles. The topological polar surface area (TPSA) is 86.1 Å². The Labute approximate surface area is 181 Å². The lowest BCUT2D eigenvalue weighted by Gasteiger charge is -2.12. The number of nitrogens with zero attached hydrogens (tertiary/aromatic N) is 3. The summed E-state index contributed by atoms with van der Waals surface area (Å²) < 4.78 is 35.9. The molecule has 160 valence electrons. The van der Waals surface area contributed by atoms with Crippen LogP contribution in [0.2, 0.25) is 0 Å². The molecule has 0 atom stereocenters. The summed E-state index contributed by atoms with van der Waals surface area (Å²) in [6.07, 6.45) is 1.36. The van der Waals surface area contributed by atoms with Gasteiger partial charge in [0.05, 0.1) is 18.9 Å². The van der Waals surface area contributed by atoms with Crippen molar-refractivity contribution >= 4 is 21.1 Å². The zero-order valence-corrected chi connectivity index (χ0v) is 18.3. The number of hydrogen-bond acceptors (Lipinski definition) is 5. The van der Waals surface area contributed by atoms with Gasteiger partial charge in [-0.05, 0) is 29.7 Å². The van der Waals surface area contributed by atoms with E-state index in [1.54, 1.807) is 17.8 Å². The van der Waals surface area contributed by atoms with Crippen LogP contribution in [0.25, 0.3) is 11.0 Å². The third-order valence-corrected chi connectivity index (χ3v) is 6.46. The minimum absolute atomic E-state index is 0.119. The Morgan fingerprint density at radius 3 is 2.48 bits per heavy atom. The maximum absolute atomic E-state index is 12.9. The molecular weight excluding hydrogens is 412 g/mol. The van der Waals surface area contributed by atoms with E-state index in [1.807, 2.05) is 61.5 Å². The molecular formula is C23H24N4O3S. The number of benzene rings is 2. The lowest BCUT2D eigenvalue weighted by molar-refractivity contribution is 0.106. The first-order valence-corrected chi connectivity index (χ1v) is 11.4. The fourth-order valence-corrected chi connectivity index (χ4v) is 4.39. The quantitative estimate of drug-likeness (QED) is 0.457. The van der Waals surface area contributed by atoms with Gasteiger partial charge in [-0.1, -0.05) is 54.6 Å². The summed E-state index contributed by atoms with van der Waals surface area (Å²) in [5.74, 6) is 0. The van der Waals surface area contributed by atoms with Crippen LogP contribution < -0.4 is 4.72 Å². The van der Waals surface area contributed by atoms with Gasteiger partial charge in [0.25, 0.3) is 0 Å². The Morgan fingerprint density at radius 2 is 1.71 bits per heavy atom. The van der Waals surface area contributed by atoms with Gasteiger partial charge in [0.2, 0.25) is 10.0 Å². The molecule has 0 saturated carbocycles. The summed E-state index contributed by atoms with van der Waals surface area (Å²) >= 11 is 0. The highest BCUT2D eigenvalue weighted by Gasteiger charge is 2.18. The lowest BCUT2D eigenvalue weighted by Crippen LogP contribution is -2.24. The van der Waals surface area contributed by atoms with Crippen LogP contribution in [0.1, 0.15) is 22.4 Å². The average molecular weight is 437 g/mol. The van der Waals surface area contributed by atoms with Crippen LogP contribution in [0.5, 0.6) is 0 Å². The second-order valence-corrected chi connectivity index (χ2v) is 9.09. The predicted molar refractivity (Wildman–Crippen MR) is 119 cm³/mol.